The zero-order valence-electron chi connectivity index (χ0n) is 14.8. The van der Waals surface area contributed by atoms with Crippen molar-refractivity contribution in [3.63, 3.8) is 0 Å². The average Bonchev–Trinajstić information content (AvgIpc) is 3.11. The Morgan fingerprint density at radius 1 is 1.31 bits per heavy atom. The fraction of sp³-hybridized carbons (Fsp3) is 0.389. The quantitative estimate of drug-likeness (QED) is 0.713. The number of carboxylic acids is 1. The predicted molar refractivity (Wildman–Crippen MR) is 97.7 cm³/mol. The van der Waals surface area contributed by atoms with E-state index in [4.69, 9.17) is 0 Å². The van der Waals surface area contributed by atoms with Gasteiger partial charge in [-0.3, -0.25) is 4.90 Å². The Bertz CT molecular complexity index is 906. The van der Waals surface area contributed by atoms with Crippen LogP contribution in [0.15, 0.2) is 35.2 Å². The number of carboxylic acid groups (broad SMARTS) is 1. The van der Waals surface area contributed by atoms with Crippen LogP contribution < -0.4 is 4.72 Å². The number of aromatic amines is 1. The largest absolute Gasteiger partial charge is 0.477 e. The summed E-state index contributed by atoms with van der Waals surface area (Å²) in [5.41, 5.74) is 1.69. The van der Waals surface area contributed by atoms with Crippen LogP contribution in [-0.4, -0.2) is 48.5 Å². The maximum atomic E-state index is 12.8. The van der Waals surface area contributed by atoms with Crippen molar-refractivity contribution in [3.05, 3.63) is 52.8 Å². The molecule has 140 valence electrons. The number of sulfonamides is 1. The third-order valence-electron chi connectivity index (χ3n) is 4.69. The molecule has 3 rings (SSSR count). The summed E-state index contributed by atoms with van der Waals surface area (Å²) in [5.74, 6) is -1.16. The molecule has 2 aromatic rings. The van der Waals surface area contributed by atoms with Gasteiger partial charge in [-0.1, -0.05) is 30.3 Å². The van der Waals surface area contributed by atoms with E-state index in [0.717, 1.165) is 19.5 Å². The van der Waals surface area contributed by atoms with Crippen LogP contribution in [-0.2, 0) is 16.6 Å². The third-order valence-corrected chi connectivity index (χ3v) is 6.49. The number of aromatic carboxylic acids is 1. The van der Waals surface area contributed by atoms with Crippen molar-refractivity contribution in [2.75, 3.05) is 13.1 Å². The van der Waals surface area contributed by atoms with Crippen LogP contribution in [0.1, 0.15) is 33.7 Å². The zero-order chi connectivity index (χ0) is 18.9. The minimum Gasteiger partial charge on any atom is -0.477 e. The van der Waals surface area contributed by atoms with Crippen LogP contribution in [0.4, 0.5) is 0 Å². The van der Waals surface area contributed by atoms with Gasteiger partial charge in [-0.25, -0.2) is 17.9 Å². The van der Waals surface area contributed by atoms with E-state index in [1.807, 2.05) is 18.2 Å². The van der Waals surface area contributed by atoms with E-state index in [1.54, 1.807) is 6.92 Å². The number of H-pyrrole nitrogens is 1. The highest BCUT2D eigenvalue weighted by Gasteiger charge is 2.31. The van der Waals surface area contributed by atoms with Gasteiger partial charge in [0.05, 0.1) is 0 Å². The minimum atomic E-state index is -3.79. The van der Waals surface area contributed by atoms with Gasteiger partial charge in [0.25, 0.3) is 0 Å². The van der Waals surface area contributed by atoms with E-state index in [0.29, 0.717) is 12.2 Å². The number of rotatable bonds is 6. The molecule has 0 saturated carbocycles. The number of aromatic nitrogens is 1. The topological polar surface area (TPSA) is 102 Å². The lowest BCUT2D eigenvalue weighted by molar-refractivity contribution is 0.0690. The number of hydrogen-bond acceptors (Lipinski definition) is 4. The lowest BCUT2D eigenvalue weighted by Gasteiger charge is -2.17. The maximum absolute atomic E-state index is 12.8. The summed E-state index contributed by atoms with van der Waals surface area (Å²) >= 11 is 0. The van der Waals surface area contributed by atoms with Gasteiger partial charge < -0.3 is 10.1 Å². The fourth-order valence-corrected chi connectivity index (χ4v) is 5.25. The summed E-state index contributed by atoms with van der Waals surface area (Å²) in [6, 6.07) is 9.86. The predicted octanol–water partition coefficient (Wildman–Crippen LogP) is 1.88. The highest BCUT2D eigenvalue weighted by molar-refractivity contribution is 7.89. The summed E-state index contributed by atoms with van der Waals surface area (Å²) < 4.78 is 28.3. The molecule has 0 spiro atoms. The van der Waals surface area contributed by atoms with Gasteiger partial charge in [-0.05, 0) is 25.8 Å². The smallest absolute Gasteiger partial charge is 0.352 e. The lowest BCUT2D eigenvalue weighted by Crippen LogP contribution is -2.37. The molecule has 1 unspecified atom stereocenters. The van der Waals surface area contributed by atoms with Gasteiger partial charge in [-0.15, -0.1) is 0 Å². The lowest BCUT2D eigenvalue weighted by atomic mass is 10.2. The SMILES string of the molecule is Cc1[nH]c(C(=O)O)c(C)c1S(=O)(=O)NC1CCN(Cc2ccccc2)C1. The molecule has 0 aliphatic carbocycles. The third kappa shape index (κ3) is 3.82. The molecular weight excluding hydrogens is 354 g/mol. The molecule has 26 heavy (non-hydrogen) atoms. The zero-order valence-corrected chi connectivity index (χ0v) is 15.6. The Labute approximate surface area is 153 Å². The summed E-state index contributed by atoms with van der Waals surface area (Å²) in [7, 11) is -3.79. The summed E-state index contributed by atoms with van der Waals surface area (Å²) in [6.45, 7) is 5.31. The van der Waals surface area contributed by atoms with Crippen molar-refractivity contribution >= 4 is 16.0 Å². The van der Waals surface area contributed by atoms with E-state index in [1.165, 1.54) is 12.5 Å². The molecule has 0 bridgehead atoms. The second-order valence-electron chi connectivity index (χ2n) is 6.71. The Balaban J connectivity index is 1.70. The number of nitrogens with zero attached hydrogens (tertiary/aromatic N) is 1. The molecule has 1 saturated heterocycles. The van der Waals surface area contributed by atoms with Crippen molar-refractivity contribution in [2.24, 2.45) is 0 Å². The second-order valence-corrected chi connectivity index (χ2v) is 8.36. The number of carbonyl (C=O) groups is 1. The monoisotopic (exact) mass is 377 g/mol. The van der Waals surface area contributed by atoms with Gasteiger partial charge in [0, 0.05) is 36.9 Å². The molecule has 0 radical (unpaired) electrons. The standard InChI is InChI=1S/C18H23N3O4S/c1-12-16(18(22)23)19-13(2)17(12)26(24,25)20-15-8-9-21(11-15)10-14-6-4-3-5-7-14/h3-7,15,19-20H,8-11H2,1-2H3,(H,22,23). The van der Waals surface area contributed by atoms with E-state index in [-0.39, 0.29) is 22.2 Å². The average molecular weight is 377 g/mol. The fourth-order valence-electron chi connectivity index (χ4n) is 3.54. The summed E-state index contributed by atoms with van der Waals surface area (Å²) in [4.78, 5) is 16.1. The molecule has 1 aliphatic heterocycles. The number of benzene rings is 1. The van der Waals surface area contributed by atoms with Crippen LogP contribution >= 0.6 is 0 Å². The van der Waals surface area contributed by atoms with Crippen molar-refractivity contribution < 1.29 is 18.3 Å². The first-order chi connectivity index (χ1) is 12.3. The molecule has 8 heteroatoms. The maximum Gasteiger partial charge on any atom is 0.352 e. The van der Waals surface area contributed by atoms with Crippen LogP contribution in [0.25, 0.3) is 0 Å². The van der Waals surface area contributed by atoms with Gasteiger partial charge in [-0.2, -0.15) is 0 Å². The van der Waals surface area contributed by atoms with Crippen molar-refractivity contribution in [1.29, 1.82) is 0 Å². The first kappa shape index (κ1) is 18.6. The second kappa shape index (κ2) is 7.22. The molecule has 2 heterocycles. The molecule has 1 fully saturated rings. The van der Waals surface area contributed by atoms with E-state index >= 15 is 0 Å². The van der Waals surface area contributed by atoms with Gasteiger partial charge >= 0.3 is 5.97 Å². The molecule has 7 nitrogen and oxygen atoms in total. The van der Waals surface area contributed by atoms with Crippen molar-refractivity contribution in [2.45, 2.75) is 37.8 Å². The first-order valence-electron chi connectivity index (χ1n) is 8.49. The van der Waals surface area contributed by atoms with Crippen LogP contribution in [0.5, 0.6) is 0 Å². The highest BCUT2D eigenvalue weighted by atomic mass is 32.2. The molecule has 3 N–H and O–H groups in total. The van der Waals surface area contributed by atoms with Crippen LogP contribution in [0.2, 0.25) is 0 Å². The minimum absolute atomic E-state index is 0.0383. The van der Waals surface area contributed by atoms with Gasteiger partial charge in [0.2, 0.25) is 10.0 Å². The molecule has 1 aliphatic rings. The summed E-state index contributed by atoms with van der Waals surface area (Å²) in [6.07, 6.45) is 0.723. The number of likely N-dealkylation sites (tertiary alicyclic amines) is 1. The molecule has 1 atom stereocenters. The normalized spacial score (nSPS) is 18.3. The van der Waals surface area contributed by atoms with Gasteiger partial charge in [0.15, 0.2) is 0 Å². The molecule has 1 aromatic carbocycles. The van der Waals surface area contributed by atoms with Crippen molar-refractivity contribution in [1.82, 2.24) is 14.6 Å². The Morgan fingerprint density at radius 2 is 2.00 bits per heavy atom. The van der Waals surface area contributed by atoms with Crippen LogP contribution in [0.3, 0.4) is 0 Å². The Kier molecular flexibility index (Phi) is 5.17. The van der Waals surface area contributed by atoms with Crippen LogP contribution in [0, 0.1) is 13.8 Å². The van der Waals surface area contributed by atoms with Gasteiger partial charge in [0.1, 0.15) is 10.6 Å². The van der Waals surface area contributed by atoms with Crippen molar-refractivity contribution in [3.8, 4) is 0 Å². The molecule has 0 amide bonds. The molecule has 1 aromatic heterocycles. The highest BCUT2D eigenvalue weighted by Crippen LogP contribution is 2.24. The number of nitrogens with one attached hydrogen (secondary N) is 2. The number of hydrogen-bond donors (Lipinski definition) is 3. The Morgan fingerprint density at radius 3 is 2.62 bits per heavy atom. The van der Waals surface area contributed by atoms with E-state index in [9.17, 15) is 18.3 Å². The Hall–Kier alpha value is -2.16. The summed E-state index contributed by atoms with van der Waals surface area (Å²) in [5, 5.41) is 9.18. The number of aryl methyl sites for hydroxylation is 1. The van der Waals surface area contributed by atoms with E-state index < -0.39 is 16.0 Å². The molecular formula is C18H23N3O4S. The first-order valence-corrected chi connectivity index (χ1v) is 9.97. The van der Waals surface area contributed by atoms with E-state index in [2.05, 4.69) is 26.7 Å².